The van der Waals surface area contributed by atoms with Crippen LogP contribution in [0, 0.1) is 0 Å². The summed E-state index contributed by atoms with van der Waals surface area (Å²) in [5, 5.41) is 9.69. The molecule has 1 unspecified atom stereocenters. The fraction of sp³-hybridized carbons (Fsp3) is 0.148. The maximum atomic E-state index is 6.24. The van der Waals surface area contributed by atoms with E-state index in [1.165, 1.54) is 0 Å². The zero-order valence-corrected chi connectivity index (χ0v) is 19.9. The fourth-order valence-electron chi connectivity index (χ4n) is 4.15. The molecule has 1 aromatic heterocycles. The quantitative estimate of drug-likeness (QED) is 0.334. The molecule has 1 atom stereocenters. The lowest BCUT2D eigenvalue weighted by Gasteiger charge is -2.42. The van der Waals surface area contributed by atoms with Crippen molar-refractivity contribution in [2.75, 3.05) is 18.4 Å². The molecule has 5 rings (SSSR count). The standard InChI is InChI=1S/C27H25ClN4S/c1-2-32-18-24(29-23-15-9-14-22(28)16-23)17-27(31-32,21-12-7-4-8-13-21)25-19-33-26(30-25)20-10-5-3-6-11-20/h3-17,19,29,31H,2,18H2,1H3. The number of hydrogen-bond donors (Lipinski definition) is 2. The highest BCUT2D eigenvalue weighted by Gasteiger charge is 2.39. The number of nitrogens with one attached hydrogen (secondary N) is 2. The van der Waals surface area contributed by atoms with Gasteiger partial charge in [-0.25, -0.2) is 15.4 Å². The third-order valence-electron chi connectivity index (χ3n) is 5.76. The Balaban J connectivity index is 1.63. The number of nitrogens with zero attached hydrogens (tertiary/aromatic N) is 2. The molecule has 0 radical (unpaired) electrons. The molecular weight excluding hydrogens is 448 g/mol. The van der Waals surface area contributed by atoms with E-state index < -0.39 is 5.54 Å². The summed E-state index contributed by atoms with van der Waals surface area (Å²) in [6.45, 7) is 3.74. The van der Waals surface area contributed by atoms with Gasteiger partial charge >= 0.3 is 0 Å². The van der Waals surface area contributed by atoms with Gasteiger partial charge in [0.2, 0.25) is 0 Å². The van der Waals surface area contributed by atoms with E-state index in [1.54, 1.807) is 11.3 Å². The first kappa shape index (κ1) is 21.9. The molecule has 4 aromatic rings. The van der Waals surface area contributed by atoms with Crippen molar-refractivity contribution in [1.29, 1.82) is 0 Å². The molecule has 2 N–H and O–H groups in total. The maximum absolute atomic E-state index is 6.24. The predicted molar refractivity (Wildman–Crippen MR) is 138 cm³/mol. The third-order valence-corrected chi connectivity index (χ3v) is 6.88. The Kier molecular flexibility index (Phi) is 6.29. The first-order valence-electron chi connectivity index (χ1n) is 11.0. The van der Waals surface area contributed by atoms with E-state index in [9.17, 15) is 0 Å². The topological polar surface area (TPSA) is 40.2 Å². The Morgan fingerprint density at radius 3 is 2.52 bits per heavy atom. The number of halogens is 1. The van der Waals surface area contributed by atoms with Crippen molar-refractivity contribution >= 4 is 28.6 Å². The minimum atomic E-state index is -0.597. The van der Waals surface area contributed by atoms with Crippen LogP contribution in [0.1, 0.15) is 18.2 Å². The van der Waals surface area contributed by atoms with Gasteiger partial charge in [-0.3, -0.25) is 0 Å². The van der Waals surface area contributed by atoms with E-state index >= 15 is 0 Å². The van der Waals surface area contributed by atoms with E-state index in [0.29, 0.717) is 5.02 Å². The van der Waals surface area contributed by atoms with Crippen LogP contribution in [0.4, 0.5) is 5.69 Å². The average Bonchev–Trinajstić information content (AvgIpc) is 3.36. The van der Waals surface area contributed by atoms with Gasteiger partial charge in [0.1, 0.15) is 10.5 Å². The van der Waals surface area contributed by atoms with Crippen LogP contribution in [0.5, 0.6) is 0 Å². The normalized spacial score (nSPS) is 18.7. The molecule has 3 aromatic carbocycles. The molecule has 0 bridgehead atoms. The Hall–Kier alpha value is -2.96. The smallest absolute Gasteiger partial charge is 0.123 e. The van der Waals surface area contributed by atoms with Crippen molar-refractivity contribution in [3.63, 3.8) is 0 Å². The van der Waals surface area contributed by atoms with Gasteiger partial charge < -0.3 is 5.32 Å². The highest BCUT2D eigenvalue weighted by molar-refractivity contribution is 7.13. The monoisotopic (exact) mass is 472 g/mol. The highest BCUT2D eigenvalue weighted by atomic mass is 35.5. The summed E-state index contributed by atoms with van der Waals surface area (Å²) in [6.07, 6.45) is 2.26. The Morgan fingerprint density at radius 2 is 1.79 bits per heavy atom. The van der Waals surface area contributed by atoms with Gasteiger partial charge in [-0.1, -0.05) is 85.3 Å². The number of hydrogen-bond acceptors (Lipinski definition) is 5. The first-order valence-corrected chi connectivity index (χ1v) is 12.3. The van der Waals surface area contributed by atoms with Crippen molar-refractivity contribution in [2.24, 2.45) is 0 Å². The summed E-state index contributed by atoms with van der Waals surface area (Å²) in [5.74, 6) is 0. The van der Waals surface area contributed by atoms with E-state index in [2.05, 4.69) is 70.5 Å². The molecule has 1 aliphatic heterocycles. The predicted octanol–water partition coefficient (Wildman–Crippen LogP) is 6.54. The van der Waals surface area contributed by atoms with Crippen molar-refractivity contribution in [3.8, 4) is 10.6 Å². The molecular formula is C27H25ClN4S. The molecule has 0 aliphatic carbocycles. The minimum absolute atomic E-state index is 0.597. The lowest BCUT2D eigenvalue weighted by molar-refractivity contribution is 0.146. The zero-order chi connectivity index (χ0) is 22.7. The van der Waals surface area contributed by atoms with Gasteiger partial charge in [0, 0.05) is 33.9 Å². The number of aromatic nitrogens is 1. The lowest BCUT2D eigenvalue weighted by atomic mass is 9.85. The molecule has 0 saturated heterocycles. The number of hydrazine groups is 1. The Bertz CT molecular complexity index is 1260. The molecule has 0 fully saturated rings. The van der Waals surface area contributed by atoms with Crippen LogP contribution in [0.2, 0.25) is 5.02 Å². The first-order chi connectivity index (χ1) is 16.2. The number of rotatable bonds is 6. The Labute approximate surface area is 203 Å². The van der Waals surface area contributed by atoms with Crippen molar-refractivity contribution in [1.82, 2.24) is 15.4 Å². The summed E-state index contributed by atoms with van der Waals surface area (Å²) >= 11 is 7.91. The number of likely N-dealkylation sites (N-methyl/N-ethyl adjacent to an activating group) is 1. The molecule has 166 valence electrons. The molecule has 0 amide bonds. The molecule has 0 spiro atoms. The van der Waals surface area contributed by atoms with Crippen molar-refractivity contribution in [3.05, 3.63) is 118 Å². The van der Waals surface area contributed by atoms with Crippen LogP contribution < -0.4 is 10.7 Å². The number of thiazole rings is 1. The van der Waals surface area contributed by atoms with Crippen molar-refractivity contribution < 1.29 is 0 Å². The maximum Gasteiger partial charge on any atom is 0.123 e. The van der Waals surface area contributed by atoms with Crippen molar-refractivity contribution in [2.45, 2.75) is 12.5 Å². The second-order valence-electron chi connectivity index (χ2n) is 8.01. The largest absolute Gasteiger partial charge is 0.358 e. The second-order valence-corrected chi connectivity index (χ2v) is 9.30. The molecule has 6 heteroatoms. The molecule has 0 saturated carbocycles. The zero-order valence-electron chi connectivity index (χ0n) is 18.3. The van der Waals surface area contributed by atoms with Gasteiger partial charge in [0.25, 0.3) is 0 Å². The second kappa shape index (κ2) is 9.49. The number of benzene rings is 3. The number of anilines is 1. The SMILES string of the molecule is CCN1CC(Nc2cccc(Cl)c2)=CC(c2ccccc2)(c2csc(-c3ccccc3)n2)N1. The Morgan fingerprint density at radius 1 is 1.03 bits per heavy atom. The van der Waals surface area contributed by atoms with Crippen LogP contribution in [-0.2, 0) is 5.54 Å². The average molecular weight is 473 g/mol. The van der Waals surface area contributed by atoms with Crippen LogP contribution in [0.3, 0.4) is 0 Å². The molecule has 33 heavy (non-hydrogen) atoms. The van der Waals surface area contributed by atoms with Gasteiger partial charge in [0.15, 0.2) is 0 Å². The van der Waals surface area contributed by atoms with Gasteiger partial charge in [-0.05, 0) is 29.8 Å². The summed E-state index contributed by atoms with van der Waals surface area (Å²) in [7, 11) is 0. The van der Waals surface area contributed by atoms with E-state index in [-0.39, 0.29) is 0 Å². The van der Waals surface area contributed by atoms with Crippen LogP contribution >= 0.6 is 22.9 Å². The summed E-state index contributed by atoms with van der Waals surface area (Å²) in [6, 6.07) is 28.7. The molecule has 1 aliphatic rings. The lowest BCUT2D eigenvalue weighted by Crippen LogP contribution is -2.56. The summed E-state index contributed by atoms with van der Waals surface area (Å²) < 4.78 is 0. The van der Waals surface area contributed by atoms with Crippen LogP contribution in [0.15, 0.2) is 102 Å². The van der Waals surface area contributed by atoms with Gasteiger partial charge in [-0.2, -0.15) is 0 Å². The molecule has 2 heterocycles. The highest BCUT2D eigenvalue weighted by Crippen LogP contribution is 2.38. The van der Waals surface area contributed by atoms with Crippen LogP contribution in [0.25, 0.3) is 10.6 Å². The van der Waals surface area contributed by atoms with E-state index in [0.717, 1.165) is 46.3 Å². The molecule has 4 nitrogen and oxygen atoms in total. The van der Waals surface area contributed by atoms with E-state index in [4.69, 9.17) is 16.6 Å². The summed E-state index contributed by atoms with van der Waals surface area (Å²) in [4.78, 5) is 5.11. The van der Waals surface area contributed by atoms with Gasteiger partial charge in [0.05, 0.1) is 12.2 Å². The van der Waals surface area contributed by atoms with Gasteiger partial charge in [-0.15, -0.1) is 11.3 Å². The minimum Gasteiger partial charge on any atom is -0.358 e. The fourth-order valence-corrected chi connectivity index (χ4v) is 5.22. The van der Waals surface area contributed by atoms with Crippen LogP contribution in [-0.4, -0.2) is 23.1 Å². The third kappa shape index (κ3) is 4.59. The summed E-state index contributed by atoms with van der Waals surface area (Å²) in [5.41, 5.74) is 8.48. The van der Waals surface area contributed by atoms with E-state index in [1.807, 2.05) is 48.5 Å².